The molecular weight excluding hydrogens is 342 g/mol. The van der Waals surface area contributed by atoms with Gasteiger partial charge in [0.2, 0.25) is 0 Å². The Morgan fingerprint density at radius 2 is 1.92 bits per heavy atom. The highest BCUT2D eigenvalue weighted by Crippen LogP contribution is 2.25. The topological polar surface area (TPSA) is 46.1 Å². The molecule has 4 rings (SSSR count). The quantitative estimate of drug-likeness (QED) is 0.708. The fraction of sp³-hybridized carbons (Fsp3) is 0.286. The Hall–Kier alpha value is -2.53. The van der Waals surface area contributed by atoms with E-state index in [1.54, 1.807) is 0 Å². The lowest BCUT2D eigenvalue weighted by atomic mass is 10.00. The number of aryl methyl sites for hydroxylation is 3. The first-order chi connectivity index (χ1) is 12.7. The summed E-state index contributed by atoms with van der Waals surface area (Å²) in [5.41, 5.74) is 4.51. The Balaban J connectivity index is 1.46. The third-order valence-corrected chi connectivity index (χ3v) is 5.98. The first-order valence-corrected chi connectivity index (χ1v) is 9.74. The molecule has 0 spiro atoms. The van der Waals surface area contributed by atoms with Gasteiger partial charge < -0.3 is 4.90 Å². The second-order valence-corrected chi connectivity index (χ2v) is 7.67. The molecule has 0 aliphatic carbocycles. The molecule has 3 heterocycles. The fourth-order valence-electron chi connectivity index (χ4n) is 3.35. The first kappa shape index (κ1) is 16.9. The van der Waals surface area contributed by atoms with Gasteiger partial charge in [-0.15, -0.1) is 11.3 Å². The van der Waals surface area contributed by atoms with Crippen LogP contribution in [0.3, 0.4) is 0 Å². The number of carbonyl (C=O) groups excluding carboxylic acids is 1. The van der Waals surface area contributed by atoms with Gasteiger partial charge in [-0.3, -0.25) is 9.78 Å². The molecule has 0 bridgehead atoms. The minimum absolute atomic E-state index is 0.110. The number of rotatable bonds is 4. The summed E-state index contributed by atoms with van der Waals surface area (Å²) in [4.78, 5) is 24.7. The number of carbonyl (C=O) groups is 1. The van der Waals surface area contributed by atoms with E-state index in [4.69, 9.17) is 0 Å². The van der Waals surface area contributed by atoms with Crippen LogP contribution < -0.4 is 0 Å². The van der Waals surface area contributed by atoms with Crippen LogP contribution in [0.25, 0.3) is 0 Å². The molecule has 0 radical (unpaired) electrons. The normalized spacial score (nSPS) is 13.5. The number of pyridine rings is 1. The highest BCUT2D eigenvalue weighted by molar-refractivity contribution is 7.13. The lowest BCUT2D eigenvalue weighted by Crippen LogP contribution is -2.35. The van der Waals surface area contributed by atoms with Crippen molar-refractivity contribution in [1.82, 2.24) is 14.9 Å². The van der Waals surface area contributed by atoms with E-state index in [0.29, 0.717) is 6.54 Å². The molecule has 26 heavy (non-hydrogen) atoms. The summed E-state index contributed by atoms with van der Waals surface area (Å²) < 4.78 is 0. The van der Waals surface area contributed by atoms with Crippen molar-refractivity contribution in [1.29, 1.82) is 0 Å². The summed E-state index contributed by atoms with van der Waals surface area (Å²) in [5.74, 6) is 0.110. The van der Waals surface area contributed by atoms with E-state index in [9.17, 15) is 4.79 Å². The van der Waals surface area contributed by atoms with Crippen molar-refractivity contribution in [3.05, 3.63) is 81.1 Å². The average Bonchev–Trinajstić information content (AvgIpc) is 3.07. The summed E-state index contributed by atoms with van der Waals surface area (Å²) in [6.45, 7) is 3.40. The van der Waals surface area contributed by atoms with Crippen molar-refractivity contribution in [3.8, 4) is 0 Å². The molecule has 1 aromatic carbocycles. The second kappa shape index (κ2) is 7.38. The van der Waals surface area contributed by atoms with Crippen LogP contribution in [-0.4, -0.2) is 27.3 Å². The molecule has 1 aliphatic rings. The number of thiazole rings is 1. The molecule has 1 amide bonds. The maximum atomic E-state index is 13.0. The van der Waals surface area contributed by atoms with Gasteiger partial charge in [0, 0.05) is 31.4 Å². The predicted molar refractivity (Wildman–Crippen MR) is 103 cm³/mol. The molecule has 1 aliphatic heterocycles. The molecule has 2 aromatic heterocycles. The van der Waals surface area contributed by atoms with Gasteiger partial charge >= 0.3 is 0 Å². The molecule has 0 N–H and O–H groups in total. The smallest absolute Gasteiger partial charge is 0.266 e. The van der Waals surface area contributed by atoms with E-state index in [0.717, 1.165) is 47.1 Å². The largest absolute Gasteiger partial charge is 0.333 e. The van der Waals surface area contributed by atoms with Crippen molar-refractivity contribution < 1.29 is 4.79 Å². The maximum absolute atomic E-state index is 13.0. The van der Waals surface area contributed by atoms with Crippen LogP contribution in [0.5, 0.6) is 0 Å². The predicted octanol–water partition coefficient (Wildman–Crippen LogP) is 3.83. The summed E-state index contributed by atoms with van der Waals surface area (Å²) in [5, 5.41) is 1.01. The zero-order valence-corrected chi connectivity index (χ0v) is 15.6. The number of nitrogens with zero attached hydrogens (tertiary/aromatic N) is 3. The van der Waals surface area contributed by atoms with Gasteiger partial charge in [0.1, 0.15) is 4.88 Å². The maximum Gasteiger partial charge on any atom is 0.266 e. The Morgan fingerprint density at radius 3 is 2.73 bits per heavy atom. The van der Waals surface area contributed by atoms with Gasteiger partial charge in [0.25, 0.3) is 5.91 Å². The minimum Gasteiger partial charge on any atom is -0.333 e. The molecule has 3 aromatic rings. The average molecular weight is 363 g/mol. The molecule has 4 nitrogen and oxygen atoms in total. The van der Waals surface area contributed by atoms with Crippen LogP contribution in [0.1, 0.15) is 37.2 Å². The number of aromatic nitrogens is 2. The standard InChI is InChI=1S/C21H21N3OS/c1-15-20(26-19(23-15)10-9-18-8-4-5-12-22-18)21(25)24-13-11-16-6-2-3-7-17(16)14-24/h2-8,12H,9-11,13-14H2,1H3. The molecule has 0 fully saturated rings. The number of hydrogen-bond acceptors (Lipinski definition) is 4. The Morgan fingerprint density at radius 1 is 1.12 bits per heavy atom. The minimum atomic E-state index is 0.110. The van der Waals surface area contributed by atoms with Crippen molar-refractivity contribution >= 4 is 17.2 Å². The summed E-state index contributed by atoms with van der Waals surface area (Å²) in [6, 6.07) is 14.3. The molecule has 0 saturated heterocycles. The molecule has 0 unspecified atom stereocenters. The van der Waals surface area contributed by atoms with E-state index in [1.807, 2.05) is 42.3 Å². The lowest BCUT2D eigenvalue weighted by molar-refractivity contribution is 0.0738. The van der Waals surface area contributed by atoms with Gasteiger partial charge in [0.05, 0.1) is 10.7 Å². The summed E-state index contributed by atoms with van der Waals surface area (Å²) in [6.07, 6.45) is 4.40. The van der Waals surface area contributed by atoms with Crippen molar-refractivity contribution in [3.63, 3.8) is 0 Å². The van der Waals surface area contributed by atoms with Crippen LogP contribution >= 0.6 is 11.3 Å². The number of amides is 1. The van der Waals surface area contributed by atoms with Crippen LogP contribution in [-0.2, 0) is 25.8 Å². The molecule has 0 atom stereocenters. The Kier molecular flexibility index (Phi) is 4.80. The zero-order chi connectivity index (χ0) is 17.9. The van der Waals surface area contributed by atoms with Crippen LogP contribution in [0.2, 0.25) is 0 Å². The van der Waals surface area contributed by atoms with E-state index < -0.39 is 0 Å². The number of benzene rings is 1. The van der Waals surface area contributed by atoms with Crippen molar-refractivity contribution in [2.75, 3.05) is 6.54 Å². The number of fused-ring (bicyclic) bond motifs is 1. The molecule has 132 valence electrons. The van der Waals surface area contributed by atoms with Crippen LogP contribution in [0, 0.1) is 6.92 Å². The molecule has 0 saturated carbocycles. The van der Waals surface area contributed by atoms with E-state index in [1.165, 1.54) is 22.5 Å². The van der Waals surface area contributed by atoms with Crippen LogP contribution in [0.15, 0.2) is 48.7 Å². The monoisotopic (exact) mass is 363 g/mol. The Bertz CT molecular complexity index is 920. The summed E-state index contributed by atoms with van der Waals surface area (Å²) >= 11 is 1.53. The first-order valence-electron chi connectivity index (χ1n) is 8.93. The Labute approximate surface area is 157 Å². The van der Waals surface area contributed by atoms with Gasteiger partial charge in [-0.1, -0.05) is 30.3 Å². The van der Waals surface area contributed by atoms with Crippen molar-refractivity contribution in [2.24, 2.45) is 0 Å². The van der Waals surface area contributed by atoms with Crippen molar-refractivity contribution in [2.45, 2.75) is 32.7 Å². The second-order valence-electron chi connectivity index (χ2n) is 6.59. The van der Waals surface area contributed by atoms with E-state index >= 15 is 0 Å². The van der Waals surface area contributed by atoms with E-state index in [2.05, 4.69) is 28.2 Å². The molecule has 5 heteroatoms. The van der Waals surface area contributed by atoms with Gasteiger partial charge in [-0.05, 0) is 43.0 Å². The lowest BCUT2D eigenvalue weighted by Gasteiger charge is -2.28. The fourth-order valence-corrected chi connectivity index (χ4v) is 4.38. The zero-order valence-electron chi connectivity index (χ0n) is 14.8. The van der Waals surface area contributed by atoms with Gasteiger partial charge in [-0.2, -0.15) is 0 Å². The third kappa shape index (κ3) is 3.53. The van der Waals surface area contributed by atoms with Crippen LogP contribution in [0.4, 0.5) is 0 Å². The third-order valence-electron chi connectivity index (χ3n) is 4.77. The van der Waals surface area contributed by atoms with Gasteiger partial charge in [-0.25, -0.2) is 4.98 Å². The van der Waals surface area contributed by atoms with E-state index in [-0.39, 0.29) is 5.91 Å². The highest BCUT2D eigenvalue weighted by Gasteiger charge is 2.25. The summed E-state index contributed by atoms with van der Waals surface area (Å²) in [7, 11) is 0. The molecular formula is C21H21N3OS. The number of hydrogen-bond donors (Lipinski definition) is 0. The SMILES string of the molecule is Cc1nc(CCc2ccccn2)sc1C(=O)N1CCc2ccccc2C1. The highest BCUT2D eigenvalue weighted by atomic mass is 32.1. The van der Waals surface area contributed by atoms with Gasteiger partial charge in [0.15, 0.2) is 0 Å².